The van der Waals surface area contributed by atoms with Gasteiger partial charge in [0.25, 0.3) is 5.91 Å². The summed E-state index contributed by atoms with van der Waals surface area (Å²) in [7, 11) is 0. The number of phenols is 1. The van der Waals surface area contributed by atoms with Crippen LogP contribution in [0.2, 0.25) is 0 Å². The molecule has 2 rings (SSSR count). The first-order chi connectivity index (χ1) is 9.04. The van der Waals surface area contributed by atoms with Crippen LogP contribution in [0.1, 0.15) is 42.1 Å². The smallest absolute Gasteiger partial charge is 0.254 e. The van der Waals surface area contributed by atoms with Gasteiger partial charge in [0, 0.05) is 24.2 Å². The van der Waals surface area contributed by atoms with E-state index in [1.165, 1.54) is 0 Å². The monoisotopic (exact) mass is 262 g/mol. The molecular formula is C15H22N2O2. The molecule has 104 valence electrons. The van der Waals surface area contributed by atoms with Crippen LogP contribution >= 0.6 is 0 Å². The third kappa shape index (κ3) is 2.73. The number of nitrogens with two attached hydrogens (primary N) is 1. The molecule has 0 aromatic heterocycles. The Kier molecular flexibility index (Phi) is 4.10. The van der Waals surface area contributed by atoms with Crippen molar-refractivity contribution < 1.29 is 9.90 Å². The maximum Gasteiger partial charge on any atom is 0.254 e. The summed E-state index contributed by atoms with van der Waals surface area (Å²) in [6.45, 7) is 4.38. The first-order valence-electron chi connectivity index (χ1n) is 6.87. The van der Waals surface area contributed by atoms with E-state index in [1.807, 2.05) is 4.90 Å². The lowest BCUT2D eigenvalue weighted by Gasteiger charge is -2.40. The zero-order valence-corrected chi connectivity index (χ0v) is 11.6. The molecule has 2 unspecified atom stereocenters. The summed E-state index contributed by atoms with van der Waals surface area (Å²) in [5.41, 5.74) is 7.14. The number of aromatic hydroxyl groups is 1. The molecule has 19 heavy (non-hydrogen) atoms. The quantitative estimate of drug-likeness (QED) is 0.857. The first kappa shape index (κ1) is 13.9. The van der Waals surface area contributed by atoms with E-state index in [1.54, 1.807) is 25.1 Å². The zero-order chi connectivity index (χ0) is 14.0. The maximum atomic E-state index is 12.6. The number of nitrogens with zero attached hydrogens (tertiary/aromatic N) is 1. The van der Waals surface area contributed by atoms with Crippen LogP contribution < -0.4 is 5.73 Å². The highest BCUT2D eigenvalue weighted by molar-refractivity contribution is 5.95. The van der Waals surface area contributed by atoms with E-state index >= 15 is 0 Å². The van der Waals surface area contributed by atoms with Crippen LogP contribution in [0.15, 0.2) is 18.2 Å². The predicted molar refractivity (Wildman–Crippen MR) is 75.2 cm³/mol. The highest BCUT2D eigenvalue weighted by Crippen LogP contribution is 2.26. The second-order valence-electron chi connectivity index (χ2n) is 5.38. The summed E-state index contributed by atoms with van der Waals surface area (Å²) >= 11 is 0. The Hall–Kier alpha value is -1.55. The van der Waals surface area contributed by atoms with Gasteiger partial charge in [-0.1, -0.05) is 0 Å². The van der Waals surface area contributed by atoms with E-state index in [0.29, 0.717) is 12.1 Å². The van der Waals surface area contributed by atoms with Crippen LogP contribution in [-0.2, 0) is 0 Å². The number of likely N-dealkylation sites (tertiary alicyclic amines) is 1. The summed E-state index contributed by atoms with van der Waals surface area (Å²) in [4.78, 5) is 14.5. The Bertz CT molecular complexity index is 473. The second-order valence-corrected chi connectivity index (χ2v) is 5.38. The molecule has 2 atom stereocenters. The number of rotatable bonds is 2. The fourth-order valence-electron chi connectivity index (χ4n) is 2.82. The number of piperidine rings is 1. The van der Waals surface area contributed by atoms with E-state index < -0.39 is 0 Å². The Morgan fingerprint density at radius 1 is 1.47 bits per heavy atom. The minimum Gasteiger partial charge on any atom is -0.508 e. The Morgan fingerprint density at radius 3 is 2.84 bits per heavy atom. The van der Waals surface area contributed by atoms with Crippen molar-refractivity contribution in [2.75, 3.05) is 6.54 Å². The van der Waals surface area contributed by atoms with E-state index in [4.69, 9.17) is 5.73 Å². The largest absolute Gasteiger partial charge is 0.508 e. The molecule has 1 saturated heterocycles. The Morgan fingerprint density at radius 2 is 2.21 bits per heavy atom. The van der Waals surface area contributed by atoms with Crippen molar-refractivity contribution >= 4 is 5.91 Å². The van der Waals surface area contributed by atoms with E-state index in [-0.39, 0.29) is 23.7 Å². The van der Waals surface area contributed by atoms with Crippen LogP contribution in [0.5, 0.6) is 5.75 Å². The molecule has 3 N–H and O–H groups in total. The molecule has 1 aliphatic rings. The molecule has 4 nitrogen and oxygen atoms in total. The van der Waals surface area contributed by atoms with Gasteiger partial charge in [0.1, 0.15) is 5.75 Å². The van der Waals surface area contributed by atoms with Crippen molar-refractivity contribution in [1.29, 1.82) is 0 Å². The third-order valence-electron chi connectivity index (χ3n) is 3.98. The molecule has 1 aliphatic heterocycles. The lowest BCUT2D eigenvalue weighted by atomic mass is 9.95. The highest BCUT2D eigenvalue weighted by Gasteiger charge is 2.31. The number of carbonyl (C=O) groups excluding carboxylic acids is 1. The van der Waals surface area contributed by atoms with Gasteiger partial charge in [0.15, 0.2) is 0 Å². The average Bonchev–Trinajstić information content (AvgIpc) is 2.40. The molecule has 1 fully saturated rings. The van der Waals surface area contributed by atoms with Gasteiger partial charge < -0.3 is 15.7 Å². The number of carbonyl (C=O) groups is 1. The van der Waals surface area contributed by atoms with Gasteiger partial charge in [-0.2, -0.15) is 0 Å². The average molecular weight is 262 g/mol. The van der Waals surface area contributed by atoms with Crippen LogP contribution in [0, 0.1) is 6.92 Å². The number of hydrogen-bond donors (Lipinski definition) is 2. The second kappa shape index (κ2) is 5.61. The third-order valence-corrected chi connectivity index (χ3v) is 3.98. The predicted octanol–water partition coefficient (Wildman–Crippen LogP) is 2.04. The maximum absolute atomic E-state index is 12.6. The first-order valence-corrected chi connectivity index (χ1v) is 6.87. The van der Waals surface area contributed by atoms with Gasteiger partial charge >= 0.3 is 0 Å². The molecule has 0 bridgehead atoms. The summed E-state index contributed by atoms with van der Waals surface area (Å²) < 4.78 is 0. The lowest BCUT2D eigenvalue weighted by molar-refractivity contribution is 0.0494. The molecule has 4 heteroatoms. The Labute approximate surface area is 114 Å². The van der Waals surface area contributed by atoms with Gasteiger partial charge in [0.2, 0.25) is 0 Å². The topological polar surface area (TPSA) is 66.6 Å². The minimum atomic E-state index is 0.0192. The summed E-state index contributed by atoms with van der Waals surface area (Å²) in [5.74, 6) is 0.240. The fourth-order valence-corrected chi connectivity index (χ4v) is 2.82. The van der Waals surface area contributed by atoms with Crippen molar-refractivity contribution in [3.05, 3.63) is 29.3 Å². The standard InChI is InChI=1S/C15H22N2O2/c1-10-8-12(6-7-14(10)18)15(19)17-11(2)4-3-5-13(17)9-16/h6-8,11,13,18H,3-5,9,16H2,1-2H3. The number of hydrogen-bond acceptors (Lipinski definition) is 3. The number of benzene rings is 1. The summed E-state index contributed by atoms with van der Waals surface area (Å²) in [6.07, 6.45) is 3.13. The van der Waals surface area contributed by atoms with Gasteiger partial charge in [-0.05, 0) is 56.9 Å². The van der Waals surface area contributed by atoms with Crippen LogP contribution in [0.4, 0.5) is 0 Å². The zero-order valence-electron chi connectivity index (χ0n) is 11.6. The van der Waals surface area contributed by atoms with Crippen molar-refractivity contribution in [3.63, 3.8) is 0 Å². The molecule has 0 saturated carbocycles. The lowest BCUT2D eigenvalue weighted by Crippen LogP contribution is -2.51. The number of aryl methyl sites for hydroxylation is 1. The normalized spacial score (nSPS) is 23.4. The molecule has 1 amide bonds. The molecule has 0 spiro atoms. The SMILES string of the molecule is Cc1cc(C(=O)N2C(C)CCCC2CN)ccc1O. The highest BCUT2D eigenvalue weighted by atomic mass is 16.3. The Balaban J connectivity index is 2.27. The number of phenolic OH excluding ortho intramolecular Hbond substituents is 1. The fraction of sp³-hybridized carbons (Fsp3) is 0.533. The van der Waals surface area contributed by atoms with Crippen molar-refractivity contribution in [3.8, 4) is 5.75 Å². The van der Waals surface area contributed by atoms with E-state index in [0.717, 1.165) is 24.8 Å². The van der Waals surface area contributed by atoms with Crippen LogP contribution in [-0.4, -0.2) is 34.5 Å². The van der Waals surface area contributed by atoms with Gasteiger partial charge in [-0.3, -0.25) is 4.79 Å². The van der Waals surface area contributed by atoms with Crippen LogP contribution in [0.3, 0.4) is 0 Å². The van der Waals surface area contributed by atoms with Gasteiger partial charge in [0.05, 0.1) is 0 Å². The van der Waals surface area contributed by atoms with Crippen LogP contribution in [0.25, 0.3) is 0 Å². The van der Waals surface area contributed by atoms with E-state index in [2.05, 4.69) is 6.92 Å². The van der Waals surface area contributed by atoms with Crippen molar-refractivity contribution in [2.45, 2.75) is 45.2 Å². The summed E-state index contributed by atoms with van der Waals surface area (Å²) in [5, 5.41) is 9.54. The van der Waals surface area contributed by atoms with Gasteiger partial charge in [-0.15, -0.1) is 0 Å². The van der Waals surface area contributed by atoms with Crippen molar-refractivity contribution in [2.24, 2.45) is 5.73 Å². The van der Waals surface area contributed by atoms with Gasteiger partial charge in [-0.25, -0.2) is 0 Å². The van der Waals surface area contributed by atoms with Crippen molar-refractivity contribution in [1.82, 2.24) is 4.90 Å². The number of amides is 1. The molecule has 0 aliphatic carbocycles. The molecule has 1 aromatic rings. The molecule has 0 radical (unpaired) electrons. The molecule has 1 aromatic carbocycles. The molecule has 1 heterocycles. The van der Waals surface area contributed by atoms with E-state index in [9.17, 15) is 9.90 Å². The minimum absolute atomic E-state index is 0.0192. The summed E-state index contributed by atoms with van der Waals surface area (Å²) in [6, 6.07) is 5.36. The molecular weight excluding hydrogens is 240 g/mol.